The summed E-state index contributed by atoms with van der Waals surface area (Å²) < 4.78 is 7.86. The molecule has 0 bridgehead atoms. The molecule has 3 aromatic rings. The summed E-state index contributed by atoms with van der Waals surface area (Å²) in [5, 5.41) is 1.34. The van der Waals surface area contributed by atoms with Crippen molar-refractivity contribution in [1.82, 2.24) is 9.47 Å². The number of anilines is 1. The number of carbonyl (C=O) groups excluding carboxylic acids is 2. The average molecular weight is 526 g/mol. The van der Waals surface area contributed by atoms with Crippen LogP contribution in [0.1, 0.15) is 23.6 Å². The van der Waals surface area contributed by atoms with Crippen molar-refractivity contribution < 1.29 is 14.3 Å². The predicted molar refractivity (Wildman–Crippen MR) is 138 cm³/mol. The molecule has 8 heteroatoms. The lowest BCUT2D eigenvalue weighted by molar-refractivity contribution is -0.143. The zero-order chi connectivity index (χ0) is 23.9. The van der Waals surface area contributed by atoms with Crippen molar-refractivity contribution in [3.8, 4) is 0 Å². The van der Waals surface area contributed by atoms with Crippen LogP contribution in [0, 0.1) is 13.8 Å². The standard InChI is InChI=1S/C25H24BrN3O3S/c1-5-32-23(30)14-28-13-17(20-12-18(26)7-9-21(20)28)11-22-24(31)29(25(33)27(22)4)19-8-6-15(2)16(3)10-19/h6-13H,5,14H2,1-4H3/b22-11-. The van der Waals surface area contributed by atoms with Gasteiger partial charge in [-0.25, -0.2) is 0 Å². The molecule has 1 fully saturated rings. The highest BCUT2D eigenvalue weighted by molar-refractivity contribution is 9.10. The summed E-state index contributed by atoms with van der Waals surface area (Å²) in [6, 6.07) is 11.7. The number of likely N-dealkylation sites (N-methyl/N-ethyl adjacent to an activating group) is 1. The second-order valence-electron chi connectivity index (χ2n) is 7.96. The third-order valence-electron chi connectivity index (χ3n) is 5.78. The smallest absolute Gasteiger partial charge is 0.325 e. The average Bonchev–Trinajstić information content (AvgIpc) is 3.19. The Morgan fingerprint density at radius 2 is 1.91 bits per heavy atom. The third-order valence-corrected chi connectivity index (χ3v) is 6.73. The first-order valence-corrected chi connectivity index (χ1v) is 11.8. The Hall–Kier alpha value is -2.97. The molecule has 0 spiro atoms. The fourth-order valence-corrected chi connectivity index (χ4v) is 4.53. The molecule has 1 aliphatic rings. The minimum absolute atomic E-state index is 0.0894. The van der Waals surface area contributed by atoms with Crippen LogP contribution < -0.4 is 4.90 Å². The van der Waals surface area contributed by atoms with Crippen LogP contribution in [0.15, 0.2) is 52.8 Å². The second kappa shape index (κ2) is 9.11. The first-order chi connectivity index (χ1) is 15.7. The van der Waals surface area contributed by atoms with E-state index in [0.717, 1.165) is 37.8 Å². The van der Waals surface area contributed by atoms with Crippen molar-refractivity contribution in [2.75, 3.05) is 18.6 Å². The lowest BCUT2D eigenvalue weighted by Crippen LogP contribution is -2.31. The van der Waals surface area contributed by atoms with Gasteiger partial charge in [0.2, 0.25) is 0 Å². The number of aromatic nitrogens is 1. The van der Waals surface area contributed by atoms with E-state index in [9.17, 15) is 9.59 Å². The fraction of sp³-hybridized carbons (Fsp3) is 0.240. The van der Waals surface area contributed by atoms with E-state index in [-0.39, 0.29) is 18.4 Å². The lowest BCUT2D eigenvalue weighted by atomic mass is 10.1. The normalized spacial score (nSPS) is 15.2. The Kier molecular flexibility index (Phi) is 6.41. The zero-order valence-corrected chi connectivity index (χ0v) is 21.3. The van der Waals surface area contributed by atoms with Gasteiger partial charge in [-0.1, -0.05) is 22.0 Å². The molecule has 0 atom stereocenters. The summed E-state index contributed by atoms with van der Waals surface area (Å²) >= 11 is 9.14. The molecule has 2 aromatic carbocycles. The van der Waals surface area contributed by atoms with Crippen molar-refractivity contribution >= 4 is 67.8 Å². The van der Waals surface area contributed by atoms with Crippen LogP contribution in [0.2, 0.25) is 0 Å². The Morgan fingerprint density at radius 3 is 2.61 bits per heavy atom. The summed E-state index contributed by atoms with van der Waals surface area (Å²) in [6.45, 7) is 6.24. The van der Waals surface area contributed by atoms with Gasteiger partial charge in [-0.3, -0.25) is 14.5 Å². The number of rotatable bonds is 5. The van der Waals surface area contributed by atoms with Gasteiger partial charge in [0.1, 0.15) is 12.2 Å². The number of amides is 1. The van der Waals surface area contributed by atoms with Gasteiger partial charge < -0.3 is 14.2 Å². The highest BCUT2D eigenvalue weighted by Crippen LogP contribution is 2.32. The van der Waals surface area contributed by atoms with Crippen molar-refractivity contribution in [3.05, 3.63) is 69.5 Å². The lowest BCUT2D eigenvalue weighted by Gasteiger charge is -2.17. The number of nitrogens with zero attached hydrogens (tertiary/aromatic N) is 3. The van der Waals surface area contributed by atoms with E-state index in [4.69, 9.17) is 17.0 Å². The number of ether oxygens (including phenoxy) is 1. The second-order valence-corrected chi connectivity index (χ2v) is 9.24. The van der Waals surface area contributed by atoms with Crippen LogP contribution in [0.4, 0.5) is 5.69 Å². The maximum atomic E-state index is 13.4. The van der Waals surface area contributed by atoms with Gasteiger partial charge in [-0.2, -0.15) is 0 Å². The Balaban J connectivity index is 1.78. The van der Waals surface area contributed by atoms with E-state index >= 15 is 0 Å². The monoisotopic (exact) mass is 525 g/mol. The molecule has 4 rings (SSSR count). The van der Waals surface area contributed by atoms with Gasteiger partial charge >= 0.3 is 5.97 Å². The molecule has 0 unspecified atom stereocenters. The van der Waals surface area contributed by atoms with Crippen molar-refractivity contribution in [2.24, 2.45) is 0 Å². The molecule has 1 saturated heterocycles. The number of carbonyl (C=O) groups is 2. The number of fused-ring (bicyclic) bond motifs is 1. The molecule has 1 aromatic heterocycles. The van der Waals surface area contributed by atoms with Gasteiger partial charge in [-0.05, 0) is 80.5 Å². The molecular formula is C25H24BrN3O3S. The predicted octanol–water partition coefficient (Wildman–Crippen LogP) is 5.19. The van der Waals surface area contributed by atoms with Gasteiger partial charge in [0, 0.05) is 34.2 Å². The molecule has 6 nitrogen and oxygen atoms in total. The molecule has 0 saturated carbocycles. The summed E-state index contributed by atoms with van der Waals surface area (Å²) in [5.41, 5.74) is 5.15. The van der Waals surface area contributed by atoms with Crippen LogP contribution in [0.5, 0.6) is 0 Å². The molecule has 1 aliphatic heterocycles. The van der Waals surface area contributed by atoms with Gasteiger partial charge in [-0.15, -0.1) is 0 Å². The molecular weight excluding hydrogens is 502 g/mol. The SMILES string of the molecule is CCOC(=O)Cn1cc(/C=C2/C(=O)N(c3ccc(C)c(C)c3)C(=S)N2C)c2cc(Br)ccc21. The van der Waals surface area contributed by atoms with Crippen molar-refractivity contribution in [3.63, 3.8) is 0 Å². The Bertz CT molecular complexity index is 1330. The summed E-state index contributed by atoms with van der Waals surface area (Å²) in [7, 11) is 1.79. The van der Waals surface area contributed by atoms with Crippen LogP contribution >= 0.6 is 28.1 Å². The molecule has 2 heterocycles. The molecule has 0 aliphatic carbocycles. The van der Waals surface area contributed by atoms with E-state index in [1.54, 1.807) is 23.8 Å². The van der Waals surface area contributed by atoms with Gasteiger partial charge in [0.15, 0.2) is 5.11 Å². The van der Waals surface area contributed by atoms with Gasteiger partial charge in [0.25, 0.3) is 5.91 Å². The van der Waals surface area contributed by atoms with E-state index in [0.29, 0.717) is 17.4 Å². The maximum Gasteiger partial charge on any atom is 0.325 e. The van der Waals surface area contributed by atoms with E-state index in [1.165, 1.54) is 0 Å². The van der Waals surface area contributed by atoms with Crippen LogP contribution in [0.25, 0.3) is 17.0 Å². The number of aryl methyl sites for hydroxylation is 2. The number of thiocarbonyl (C=S) groups is 1. The number of hydrogen-bond donors (Lipinski definition) is 0. The first kappa shape index (κ1) is 23.2. The third kappa shape index (κ3) is 4.32. The Morgan fingerprint density at radius 1 is 1.15 bits per heavy atom. The van der Waals surface area contributed by atoms with E-state index in [1.807, 2.05) is 67.1 Å². The highest BCUT2D eigenvalue weighted by atomic mass is 79.9. The molecule has 1 amide bonds. The number of hydrogen-bond acceptors (Lipinski definition) is 4. The number of halogens is 1. The fourth-order valence-electron chi connectivity index (χ4n) is 3.88. The molecule has 33 heavy (non-hydrogen) atoms. The Labute approximate surface area is 206 Å². The van der Waals surface area contributed by atoms with Crippen LogP contribution in [0.3, 0.4) is 0 Å². The van der Waals surface area contributed by atoms with Crippen LogP contribution in [-0.4, -0.2) is 40.1 Å². The quantitative estimate of drug-likeness (QED) is 0.260. The van der Waals surface area contributed by atoms with Crippen molar-refractivity contribution in [2.45, 2.75) is 27.3 Å². The number of esters is 1. The number of benzene rings is 2. The minimum Gasteiger partial charge on any atom is -0.465 e. The molecule has 0 radical (unpaired) electrons. The van der Waals surface area contributed by atoms with E-state index in [2.05, 4.69) is 15.9 Å². The largest absolute Gasteiger partial charge is 0.465 e. The first-order valence-electron chi connectivity index (χ1n) is 10.6. The van der Waals surface area contributed by atoms with E-state index < -0.39 is 0 Å². The van der Waals surface area contributed by atoms with Crippen molar-refractivity contribution in [1.29, 1.82) is 0 Å². The summed E-state index contributed by atoms with van der Waals surface area (Å²) in [6.07, 6.45) is 3.69. The zero-order valence-electron chi connectivity index (χ0n) is 18.9. The summed E-state index contributed by atoms with van der Waals surface area (Å²) in [5.74, 6) is -0.500. The van der Waals surface area contributed by atoms with Crippen LogP contribution in [-0.2, 0) is 20.9 Å². The molecule has 170 valence electrons. The van der Waals surface area contributed by atoms with Gasteiger partial charge in [0.05, 0.1) is 12.3 Å². The maximum absolute atomic E-state index is 13.4. The minimum atomic E-state index is -0.312. The topological polar surface area (TPSA) is 54.8 Å². The summed E-state index contributed by atoms with van der Waals surface area (Å²) in [4.78, 5) is 28.8. The highest BCUT2D eigenvalue weighted by Gasteiger charge is 2.37. The molecule has 0 N–H and O–H groups in total.